The predicted molar refractivity (Wildman–Crippen MR) is 79.7 cm³/mol. The highest BCUT2D eigenvalue weighted by Crippen LogP contribution is 2.14. The van der Waals surface area contributed by atoms with Crippen LogP contribution in [0.3, 0.4) is 0 Å². The average Bonchev–Trinajstić information content (AvgIpc) is 2.41. The number of hydrogen-bond donors (Lipinski definition) is 2. The molecule has 0 aromatic heterocycles. The van der Waals surface area contributed by atoms with E-state index < -0.39 is 0 Å². The second kappa shape index (κ2) is 6.02. The van der Waals surface area contributed by atoms with Gasteiger partial charge in [-0.3, -0.25) is 4.79 Å². The van der Waals surface area contributed by atoms with Gasteiger partial charge in [0.05, 0.1) is 0 Å². The Morgan fingerprint density at radius 2 is 2.05 bits per heavy atom. The highest BCUT2D eigenvalue weighted by molar-refractivity contribution is 6.01. The molecular formula is C16H15FN2O. The molecule has 3 nitrogen and oxygen atoms in total. The smallest absolute Gasteiger partial charge is 0.248 e. The Morgan fingerprint density at radius 3 is 2.75 bits per heavy atom. The van der Waals surface area contributed by atoms with E-state index in [0.717, 1.165) is 5.56 Å². The van der Waals surface area contributed by atoms with Crippen molar-refractivity contribution in [1.29, 1.82) is 0 Å². The molecule has 2 rings (SSSR count). The number of anilines is 2. The third-order valence-electron chi connectivity index (χ3n) is 2.78. The fraction of sp³-hybridized carbons (Fsp3) is 0.0625. The van der Waals surface area contributed by atoms with E-state index in [4.69, 9.17) is 5.73 Å². The molecule has 0 fully saturated rings. The van der Waals surface area contributed by atoms with Gasteiger partial charge in [-0.15, -0.1) is 0 Å². The van der Waals surface area contributed by atoms with Crippen LogP contribution in [-0.4, -0.2) is 5.91 Å². The zero-order valence-electron chi connectivity index (χ0n) is 11.1. The largest absolute Gasteiger partial charge is 0.399 e. The van der Waals surface area contributed by atoms with Gasteiger partial charge in [-0.1, -0.05) is 18.2 Å². The van der Waals surface area contributed by atoms with Gasteiger partial charge in [-0.25, -0.2) is 4.39 Å². The summed E-state index contributed by atoms with van der Waals surface area (Å²) < 4.78 is 13.3. The van der Waals surface area contributed by atoms with Crippen LogP contribution in [0.25, 0.3) is 6.08 Å². The quantitative estimate of drug-likeness (QED) is 0.663. The van der Waals surface area contributed by atoms with E-state index in [0.29, 0.717) is 16.9 Å². The summed E-state index contributed by atoms with van der Waals surface area (Å²) in [6.07, 6.45) is 3.03. The van der Waals surface area contributed by atoms with Gasteiger partial charge in [0.25, 0.3) is 0 Å². The summed E-state index contributed by atoms with van der Waals surface area (Å²) in [5, 5.41) is 2.60. The summed E-state index contributed by atoms with van der Waals surface area (Å²) in [6.45, 7) is 1.67. The standard InChI is InChI=1S/C16H15FN2O/c1-11-5-7-14(10-15(11)17)19-16(20)8-6-12-3-2-4-13(18)9-12/h2-10H,18H2,1H3,(H,19,20)/b8-6+. The molecule has 0 aliphatic heterocycles. The lowest BCUT2D eigenvalue weighted by Crippen LogP contribution is -2.08. The SMILES string of the molecule is Cc1ccc(NC(=O)/C=C/c2cccc(N)c2)cc1F. The van der Waals surface area contributed by atoms with Crippen LogP contribution in [-0.2, 0) is 4.79 Å². The summed E-state index contributed by atoms with van der Waals surface area (Å²) in [5.74, 6) is -0.668. The number of halogens is 1. The minimum atomic E-state index is -0.345. The number of nitrogens with two attached hydrogens (primary N) is 1. The molecule has 0 spiro atoms. The van der Waals surface area contributed by atoms with Crippen molar-refractivity contribution in [2.24, 2.45) is 0 Å². The third kappa shape index (κ3) is 3.68. The molecule has 20 heavy (non-hydrogen) atoms. The number of hydrogen-bond acceptors (Lipinski definition) is 2. The summed E-state index contributed by atoms with van der Waals surface area (Å²) in [4.78, 5) is 11.7. The molecule has 1 amide bonds. The van der Waals surface area contributed by atoms with E-state index in [-0.39, 0.29) is 11.7 Å². The van der Waals surface area contributed by atoms with Crippen molar-refractivity contribution in [2.45, 2.75) is 6.92 Å². The summed E-state index contributed by atoms with van der Waals surface area (Å²) in [6, 6.07) is 11.7. The number of nitrogen functional groups attached to an aromatic ring is 1. The van der Waals surface area contributed by atoms with Crippen molar-refractivity contribution < 1.29 is 9.18 Å². The predicted octanol–water partition coefficient (Wildman–Crippen LogP) is 3.37. The van der Waals surface area contributed by atoms with Crippen molar-refractivity contribution in [3.8, 4) is 0 Å². The number of carbonyl (C=O) groups is 1. The Bertz CT molecular complexity index is 665. The first-order chi connectivity index (χ1) is 9.54. The Kier molecular flexibility index (Phi) is 4.15. The van der Waals surface area contributed by atoms with Gasteiger partial charge in [0.15, 0.2) is 0 Å². The lowest BCUT2D eigenvalue weighted by atomic mass is 10.2. The highest BCUT2D eigenvalue weighted by Gasteiger charge is 2.01. The lowest BCUT2D eigenvalue weighted by molar-refractivity contribution is -0.111. The normalized spacial score (nSPS) is 10.7. The van der Waals surface area contributed by atoms with Gasteiger partial charge < -0.3 is 11.1 Å². The molecule has 3 N–H and O–H groups in total. The Balaban J connectivity index is 2.03. The number of benzene rings is 2. The molecule has 0 heterocycles. The lowest BCUT2D eigenvalue weighted by Gasteiger charge is -2.03. The Hall–Kier alpha value is -2.62. The first-order valence-electron chi connectivity index (χ1n) is 6.15. The Labute approximate surface area is 116 Å². The molecule has 0 unspecified atom stereocenters. The molecule has 2 aromatic carbocycles. The van der Waals surface area contributed by atoms with E-state index in [9.17, 15) is 9.18 Å². The second-order valence-corrected chi connectivity index (χ2v) is 4.46. The minimum Gasteiger partial charge on any atom is -0.399 e. The van der Waals surface area contributed by atoms with Gasteiger partial charge in [0.1, 0.15) is 5.82 Å². The fourth-order valence-electron chi connectivity index (χ4n) is 1.69. The van der Waals surface area contributed by atoms with Crippen molar-refractivity contribution in [3.63, 3.8) is 0 Å². The van der Waals surface area contributed by atoms with E-state index >= 15 is 0 Å². The molecule has 0 aliphatic rings. The maximum Gasteiger partial charge on any atom is 0.248 e. The third-order valence-corrected chi connectivity index (χ3v) is 2.78. The van der Waals surface area contributed by atoms with Gasteiger partial charge in [-0.2, -0.15) is 0 Å². The van der Waals surface area contributed by atoms with Crippen molar-refractivity contribution in [1.82, 2.24) is 0 Å². The van der Waals surface area contributed by atoms with Crippen LogP contribution in [0.2, 0.25) is 0 Å². The molecule has 102 valence electrons. The van der Waals surface area contributed by atoms with Crippen LogP contribution in [0.5, 0.6) is 0 Å². The van der Waals surface area contributed by atoms with Crippen LogP contribution in [0, 0.1) is 12.7 Å². The number of aryl methyl sites for hydroxylation is 1. The van der Waals surface area contributed by atoms with Gasteiger partial charge in [0.2, 0.25) is 5.91 Å². The topological polar surface area (TPSA) is 55.1 Å². The number of nitrogens with one attached hydrogen (secondary N) is 1. The van der Waals surface area contributed by atoms with E-state index in [1.54, 1.807) is 37.3 Å². The second-order valence-electron chi connectivity index (χ2n) is 4.46. The zero-order valence-corrected chi connectivity index (χ0v) is 11.1. The van der Waals surface area contributed by atoms with Crippen molar-refractivity contribution in [3.05, 3.63) is 65.5 Å². The molecule has 2 aromatic rings. The molecule has 0 saturated heterocycles. The summed E-state index contributed by atoms with van der Waals surface area (Å²) >= 11 is 0. The van der Waals surface area contributed by atoms with Crippen LogP contribution < -0.4 is 11.1 Å². The summed E-state index contributed by atoms with van der Waals surface area (Å²) in [7, 11) is 0. The fourth-order valence-corrected chi connectivity index (χ4v) is 1.69. The van der Waals surface area contributed by atoms with Crippen LogP contribution in [0.1, 0.15) is 11.1 Å². The van der Waals surface area contributed by atoms with Crippen LogP contribution >= 0.6 is 0 Å². The van der Waals surface area contributed by atoms with E-state index in [1.807, 2.05) is 12.1 Å². The zero-order chi connectivity index (χ0) is 14.5. The average molecular weight is 270 g/mol. The molecule has 0 atom stereocenters. The molecule has 4 heteroatoms. The maximum atomic E-state index is 13.3. The molecule has 0 saturated carbocycles. The van der Waals surface area contributed by atoms with Gasteiger partial charge in [0, 0.05) is 17.5 Å². The van der Waals surface area contributed by atoms with E-state index in [2.05, 4.69) is 5.32 Å². The van der Waals surface area contributed by atoms with Crippen molar-refractivity contribution in [2.75, 3.05) is 11.1 Å². The van der Waals surface area contributed by atoms with Crippen LogP contribution in [0.4, 0.5) is 15.8 Å². The van der Waals surface area contributed by atoms with Crippen LogP contribution in [0.15, 0.2) is 48.5 Å². The molecule has 0 aliphatic carbocycles. The number of amides is 1. The molecule has 0 radical (unpaired) electrons. The van der Waals surface area contributed by atoms with E-state index in [1.165, 1.54) is 12.1 Å². The Morgan fingerprint density at radius 1 is 1.25 bits per heavy atom. The van der Waals surface area contributed by atoms with Gasteiger partial charge in [-0.05, 0) is 48.4 Å². The maximum absolute atomic E-state index is 13.3. The number of carbonyl (C=O) groups excluding carboxylic acids is 1. The monoisotopic (exact) mass is 270 g/mol. The minimum absolute atomic E-state index is 0.323. The number of rotatable bonds is 3. The first kappa shape index (κ1) is 13.8. The summed E-state index contributed by atoms with van der Waals surface area (Å²) in [5.41, 5.74) is 8.07. The highest BCUT2D eigenvalue weighted by atomic mass is 19.1. The first-order valence-corrected chi connectivity index (χ1v) is 6.15. The van der Waals surface area contributed by atoms with Gasteiger partial charge >= 0.3 is 0 Å². The molecule has 0 bridgehead atoms. The molecular weight excluding hydrogens is 255 g/mol. The van der Waals surface area contributed by atoms with Crippen molar-refractivity contribution >= 4 is 23.4 Å².